The number of benzene rings is 2. The zero-order chi connectivity index (χ0) is 17.9. The Hall–Kier alpha value is -3.48. The zero-order valence-electron chi connectivity index (χ0n) is 14.2. The van der Waals surface area contributed by atoms with Gasteiger partial charge in [0.25, 0.3) is 5.91 Å². The van der Waals surface area contributed by atoms with E-state index in [1.54, 1.807) is 4.68 Å². The maximum Gasteiger partial charge on any atom is 0.272 e. The maximum atomic E-state index is 12.4. The molecule has 26 heavy (non-hydrogen) atoms. The van der Waals surface area contributed by atoms with Crippen molar-refractivity contribution in [3.8, 4) is 11.5 Å². The lowest BCUT2D eigenvalue weighted by Gasteiger charge is -2.01. The van der Waals surface area contributed by atoms with E-state index in [0.717, 1.165) is 16.5 Å². The highest BCUT2D eigenvalue weighted by atomic mass is 16.4. The van der Waals surface area contributed by atoms with Crippen molar-refractivity contribution in [3.05, 3.63) is 66.2 Å². The number of hydrogen-bond donors (Lipinski definition) is 1. The maximum absolute atomic E-state index is 12.4. The Labute approximate surface area is 149 Å². The molecule has 130 valence electrons. The quantitative estimate of drug-likeness (QED) is 0.600. The minimum absolute atomic E-state index is 0.218. The number of aryl methyl sites for hydroxylation is 1. The molecule has 1 amide bonds. The van der Waals surface area contributed by atoms with Gasteiger partial charge in [0, 0.05) is 31.0 Å². The van der Waals surface area contributed by atoms with Gasteiger partial charge in [-0.25, -0.2) is 0 Å². The highest BCUT2D eigenvalue weighted by molar-refractivity contribution is 6.04. The van der Waals surface area contributed by atoms with E-state index in [4.69, 9.17) is 4.42 Å². The van der Waals surface area contributed by atoms with Crippen LogP contribution in [-0.4, -0.2) is 32.4 Å². The van der Waals surface area contributed by atoms with Crippen LogP contribution in [-0.2, 0) is 13.5 Å². The molecular weight excluding hydrogens is 330 g/mol. The molecule has 0 aliphatic rings. The van der Waals surface area contributed by atoms with E-state index in [1.165, 1.54) is 0 Å². The minimum atomic E-state index is -0.218. The molecule has 4 rings (SSSR count). The molecule has 0 aliphatic heterocycles. The number of carbonyl (C=O) groups is 1. The highest BCUT2D eigenvalue weighted by Crippen LogP contribution is 2.18. The van der Waals surface area contributed by atoms with Crippen molar-refractivity contribution in [3.63, 3.8) is 0 Å². The number of nitrogens with zero attached hydrogens (tertiary/aromatic N) is 4. The van der Waals surface area contributed by atoms with Gasteiger partial charge in [-0.1, -0.05) is 36.4 Å². The number of rotatable bonds is 5. The van der Waals surface area contributed by atoms with E-state index in [2.05, 4.69) is 20.6 Å². The summed E-state index contributed by atoms with van der Waals surface area (Å²) >= 11 is 0. The molecule has 1 N–H and O–H groups in total. The van der Waals surface area contributed by atoms with Gasteiger partial charge >= 0.3 is 0 Å². The van der Waals surface area contributed by atoms with Crippen molar-refractivity contribution in [1.29, 1.82) is 0 Å². The molecule has 0 fully saturated rings. The fourth-order valence-electron chi connectivity index (χ4n) is 2.80. The summed E-state index contributed by atoms with van der Waals surface area (Å²) in [5, 5.41) is 16.1. The Balaban J connectivity index is 1.40. The van der Waals surface area contributed by atoms with Crippen LogP contribution in [0.3, 0.4) is 0 Å². The summed E-state index contributed by atoms with van der Waals surface area (Å²) in [4.78, 5) is 12.4. The van der Waals surface area contributed by atoms with Crippen molar-refractivity contribution >= 4 is 16.8 Å². The molecule has 7 nitrogen and oxygen atoms in total. The number of nitrogens with one attached hydrogen (secondary N) is 1. The Morgan fingerprint density at radius 3 is 2.69 bits per heavy atom. The van der Waals surface area contributed by atoms with Gasteiger partial charge in [-0.2, -0.15) is 5.10 Å². The largest absolute Gasteiger partial charge is 0.421 e. The Morgan fingerprint density at radius 2 is 1.85 bits per heavy atom. The van der Waals surface area contributed by atoms with E-state index >= 15 is 0 Å². The van der Waals surface area contributed by atoms with Crippen molar-refractivity contribution in [1.82, 2.24) is 25.3 Å². The van der Waals surface area contributed by atoms with Crippen molar-refractivity contribution in [2.45, 2.75) is 6.42 Å². The molecule has 4 aromatic rings. The molecular formula is C19H17N5O2. The monoisotopic (exact) mass is 347 g/mol. The molecule has 0 atom stereocenters. The molecule has 0 unspecified atom stereocenters. The lowest BCUT2D eigenvalue weighted by atomic mass is 10.2. The lowest BCUT2D eigenvalue weighted by Crippen LogP contribution is -2.26. The Bertz CT molecular complexity index is 1050. The molecule has 0 saturated carbocycles. The second kappa shape index (κ2) is 6.79. The molecule has 0 bridgehead atoms. The molecule has 2 aromatic carbocycles. The van der Waals surface area contributed by atoms with Crippen LogP contribution in [0.1, 0.15) is 16.4 Å². The topological polar surface area (TPSA) is 85.8 Å². The smallest absolute Gasteiger partial charge is 0.272 e. The summed E-state index contributed by atoms with van der Waals surface area (Å²) in [5.41, 5.74) is 2.20. The highest BCUT2D eigenvalue weighted by Gasteiger charge is 2.15. The van der Waals surface area contributed by atoms with Crippen molar-refractivity contribution in [2.24, 2.45) is 7.05 Å². The average molecular weight is 347 g/mol. The van der Waals surface area contributed by atoms with Crippen LogP contribution in [0, 0.1) is 0 Å². The van der Waals surface area contributed by atoms with Crippen LogP contribution >= 0.6 is 0 Å². The van der Waals surface area contributed by atoms with Gasteiger partial charge in [0.1, 0.15) is 0 Å². The molecule has 0 spiro atoms. The second-order valence-electron chi connectivity index (χ2n) is 5.86. The van der Waals surface area contributed by atoms with Crippen LogP contribution < -0.4 is 5.32 Å². The predicted octanol–water partition coefficient (Wildman–Crippen LogP) is 2.60. The van der Waals surface area contributed by atoms with E-state index in [9.17, 15) is 4.79 Å². The summed E-state index contributed by atoms with van der Waals surface area (Å²) in [6, 6.07) is 17.2. The van der Waals surface area contributed by atoms with Gasteiger partial charge < -0.3 is 9.73 Å². The number of fused-ring (bicyclic) bond motifs is 1. The number of para-hydroxylation sites is 1. The summed E-state index contributed by atoms with van der Waals surface area (Å²) < 4.78 is 7.34. The molecule has 2 heterocycles. The first kappa shape index (κ1) is 16.0. The third kappa shape index (κ3) is 3.06. The first-order chi connectivity index (χ1) is 12.7. The molecule has 0 radical (unpaired) electrons. The average Bonchev–Trinajstić information content (AvgIpc) is 3.28. The normalized spacial score (nSPS) is 11.0. The number of amides is 1. The van der Waals surface area contributed by atoms with Gasteiger partial charge in [-0.05, 0) is 18.2 Å². The van der Waals surface area contributed by atoms with E-state index in [0.29, 0.717) is 30.4 Å². The van der Waals surface area contributed by atoms with Gasteiger partial charge in [-0.3, -0.25) is 9.48 Å². The van der Waals surface area contributed by atoms with Crippen LogP contribution in [0.2, 0.25) is 0 Å². The minimum Gasteiger partial charge on any atom is -0.421 e. The van der Waals surface area contributed by atoms with Crippen molar-refractivity contribution < 1.29 is 9.21 Å². The van der Waals surface area contributed by atoms with Crippen LogP contribution in [0.4, 0.5) is 0 Å². The third-order valence-electron chi connectivity index (χ3n) is 4.08. The number of hydrogen-bond acceptors (Lipinski definition) is 5. The summed E-state index contributed by atoms with van der Waals surface area (Å²) in [7, 11) is 1.82. The van der Waals surface area contributed by atoms with Gasteiger partial charge in [0.2, 0.25) is 11.8 Å². The molecule has 7 heteroatoms. The standard InChI is InChI=1S/C19H17N5O2/c1-24-15-10-6-5-9-14(15)17(23-24)18(25)20-12-11-16-21-22-19(26-16)13-7-3-2-4-8-13/h2-10H,11-12H2,1H3,(H,20,25). The van der Waals surface area contributed by atoms with Crippen molar-refractivity contribution in [2.75, 3.05) is 6.54 Å². The fourth-order valence-corrected chi connectivity index (χ4v) is 2.80. The van der Waals surface area contributed by atoms with E-state index < -0.39 is 0 Å². The molecule has 0 saturated heterocycles. The fraction of sp³-hybridized carbons (Fsp3) is 0.158. The third-order valence-corrected chi connectivity index (χ3v) is 4.08. The lowest BCUT2D eigenvalue weighted by molar-refractivity contribution is 0.0949. The molecule has 0 aliphatic carbocycles. The van der Waals surface area contributed by atoms with E-state index in [-0.39, 0.29) is 5.91 Å². The SMILES string of the molecule is Cn1nc(C(=O)NCCc2nnc(-c3ccccc3)o2)c2ccccc21. The van der Waals surface area contributed by atoms with Gasteiger partial charge in [-0.15, -0.1) is 10.2 Å². The first-order valence-corrected chi connectivity index (χ1v) is 8.30. The van der Waals surface area contributed by atoms with Crippen LogP contribution in [0.25, 0.3) is 22.4 Å². The first-order valence-electron chi connectivity index (χ1n) is 8.30. The van der Waals surface area contributed by atoms with Crippen LogP contribution in [0.5, 0.6) is 0 Å². The van der Waals surface area contributed by atoms with Gasteiger partial charge in [0.15, 0.2) is 5.69 Å². The Morgan fingerprint density at radius 1 is 1.08 bits per heavy atom. The second-order valence-corrected chi connectivity index (χ2v) is 5.86. The zero-order valence-corrected chi connectivity index (χ0v) is 14.2. The van der Waals surface area contributed by atoms with Gasteiger partial charge in [0.05, 0.1) is 5.52 Å². The summed E-state index contributed by atoms with van der Waals surface area (Å²) in [6.07, 6.45) is 0.455. The van der Waals surface area contributed by atoms with E-state index in [1.807, 2.05) is 61.6 Å². The number of carbonyl (C=O) groups excluding carboxylic acids is 1. The summed E-state index contributed by atoms with van der Waals surface area (Å²) in [5.74, 6) is 0.738. The Kier molecular flexibility index (Phi) is 4.18. The van der Waals surface area contributed by atoms with Crippen LogP contribution in [0.15, 0.2) is 59.0 Å². The predicted molar refractivity (Wildman–Crippen MR) is 96.5 cm³/mol. The molecule has 2 aromatic heterocycles. The summed E-state index contributed by atoms with van der Waals surface area (Å²) in [6.45, 7) is 0.389. The number of aromatic nitrogens is 4.